The van der Waals surface area contributed by atoms with E-state index in [-0.39, 0.29) is 6.04 Å². The number of hydrogen-bond donors (Lipinski definition) is 0. The molecule has 1 unspecified atom stereocenters. The molecule has 20 heavy (non-hydrogen) atoms. The first-order chi connectivity index (χ1) is 9.32. The van der Waals surface area contributed by atoms with E-state index in [1.807, 2.05) is 44.2 Å². The molecule has 112 valence electrons. The molecule has 0 fully saturated rings. The van der Waals surface area contributed by atoms with E-state index in [0.717, 1.165) is 21.7 Å². The van der Waals surface area contributed by atoms with E-state index in [2.05, 4.69) is 0 Å². The van der Waals surface area contributed by atoms with Crippen molar-refractivity contribution in [3.63, 3.8) is 0 Å². The molecule has 4 nitrogen and oxygen atoms in total. The Kier molecular flexibility index (Phi) is 6.61. The second-order valence-corrected chi connectivity index (χ2v) is 9.48. The molecule has 0 saturated heterocycles. The summed E-state index contributed by atoms with van der Waals surface area (Å²) < 4.78 is 21.1. The molecule has 0 aliphatic heterocycles. The standard InChI is InChI=1S/C12H18FN2O2PS2/c1-10(2)15(20-14(3)12(13)16)18(19,17-4)11-8-6-5-7-9-11/h5-10H,1-4H3. The molecule has 0 spiro atoms. The van der Waals surface area contributed by atoms with Crippen LogP contribution in [0.3, 0.4) is 0 Å². The summed E-state index contributed by atoms with van der Waals surface area (Å²) in [5, 5.41) is 0.860. The number of nitrogens with zero attached hydrogens (tertiary/aromatic N) is 2. The zero-order valence-corrected chi connectivity index (χ0v) is 14.3. The van der Waals surface area contributed by atoms with Gasteiger partial charge in [0.15, 0.2) is 6.42 Å². The van der Waals surface area contributed by atoms with Crippen LogP contribution in [0.4, 0.5) is 9.18 Å². The lowest BCUT2D eigenvalue weighted by Gasteiger charge is -2.36. The maximum Gasteiger partial charge on any atom is 0.410 e. The molecule has 0 N–H and O–H groups in total. The van der Waals surface area contributed by atoms with Gasteiger partial charge in [-0.05, 0) is 25.7 Å². The molecular formula is C12H18FN2O2PS2. The SMILES string of the molecule is COP(=S)(c1ccccc1)N(SN(C)C(=O)F)C(C)C. The lowest BCUT2D eigenvalue weighted by molar-refractivity contribution is 0.209. The molecule has 0 aliphatic carbocycles. The summed E-state index contributed by atoms with van der Waals surface area (Å²) in [5.74, 6) is 0. The third-order valence-corrected chi connectivity index (χ3v) is 8.72. The minimum Gasteiger partial charge on any atom is -0.337 e. The summed E-state index contributed by atoms with van der Waals surface area (Å²) >= 11 is 6.66. The van der Waals surface area contributed by atoms with Crippen LogP contribution in [-0.2, 0) is 16.3 Å². The van der Waals surface area contributed by atoms with Crippen LogP contribution in [0.1, 0.15) is 13.8 Å². The molecule has 0 bridgehead atoms. The number of rotatable bonds is 6. The van der Waals surface area contributed by atoms with Crippen LogP contribution in [0.2, 0.25) is 0 Å². The van der Waals surface area contributed by atoms with Gasteiger partial charge in [0.2, 0.25) is 0 Å². The molecular weight excluding hydrogens is 318 g/mol. The lowest BCUT2D eigenvalue weighted by Crippen LogP contribution is -2.31. The van der Waals surface area contributed by atoms with E-state index < -0.39 is 12.6 Å². The Morgan fingerprint density at radius 2 is 1.95 bits per heavy atom. The van der Waals surface area contributed by atoms with E-state index in [4.69, 9.17) is 16.3 Å². The van der Waals surface area contributed by atoms with Crippen LogP contribution in [-0.4, -0.2) is 34.7 Å². The summed E-state index contributed by atoms with van der Waals surface area (Å²) in [7, 11) is 2.91. The molecule has 0 saturated carbocycles. The van der Waals surface area contributed by atoms with Crippen molar-refractivity contribution in [3.05, 3.63) is 30.3 Å². The topological polar surface area (TPSA) is 32.8 Å². The van der Waals surface area contributed by atoms with Gasteiger partial charge in [0.1, 0.15) is 0 Å². The highest BCUT2D eigenvalue weighted by Crippen LogP contribution is 2.54. The van der Waals surface area contributed by atoms with E-state index in [9.17, 15) is 9.18 Å². The van der Waals surface area contributed by atoms with Gasteiger partial charge in [-0.25, -0.2) is 9.10 Å². The Bertz CT molecular complexity index is 501. The van der Waals surface area contributed by atoms with Crippen LogP contribution in [0.25, 0.3) is 0 Å². The van der Waals surface area contributed by atoms with E-state index in [1.54, 1.807) is 11.2 Å². The van der Waals surface area contributed by atoms with Crippen molar-refractivity contribution >= 4 is 41.8 Å². The maximum absolute atomic E-state index is 12.8. The molecule has 1 atom stereocenters. The van der Waals surface area contributed by atoms with Gasteiger partial charge in [-0.1, -0.05) is 30.3 Å². The quantitative estimate of drug-likeness (QED) is 0.343. The van der Waals surface area contributed by atoms with Gasteiger partial charge in [0.25, 0.3) is 0 Å². The summed E-state index contributed by atoms with van der Waals surface area (Å²) in [6.45, 7) is 3.85. The van der Waals surface area contributed by atoms with Crippen molar-refractivity contribution in [2.24, 2.45) is 0 Å². The van der Waals surface area contributed by atoms with Crippen LogP contribution in [0.5, 0.6) is 0 Å². The number of carbonyl (C=O) groups excluding carboxylic acids is 1. The summed E-state index contributed by atoms with van der Waals surface area (Å²) in [6, 6.07) is 9.40. The Hall–Kier alpha value is -0.460. The van der Waals surface area contributed by atoms with E-state index in [0.29, 0.717) is 0 Å². The highest BCUT2D eigenvalue weighted by atomic mass is 32.5. The van der Waals surface area contributed by atoms with E-state index in [1.165, 1.54) is 7.05 Å². The Morgan fingerprint density at radius 1 is 1.40 bits per heavy atom. The Morgan fingerprint density at radius 3 is 2.35 bits per heavy atom. The van der Waals surface area contributed by atoms with Gasteiger partial charge in [-0.2, -0.15) is 4.08 Å². The van der Waals surface area contributed by atoms with Crippen molar-refractivity contribution in [1.82, 2.24) is 8.38 Å². The summed E-state index contributed by atoms with van der Waals surface area (Å²) in [5.41, 5.74) is 0. The third-order valence-electron chi connectivity index (χ3n) is 2.48. The fourth-order valence-corrected chi connectivity index (χ4v) is 6.18. The molecule has 1 aromatic rings. The number of amides is 1. The summed E-state index contributed by atoms with van der Waals surface area (Å²) in [4.78, 5) is 10.8. The first-order valence-electron chi connectivity index (χ1n) is 5.95. The largest absolute Gasteiger partial charge is 0.410 e. The second-order valence-electron chi connectivity index (χ2n) is 4.27. The van der Waals surface area contributed by atoms with Gasteiger partial charge < -0.3 is 4.52 Å². The first kappa shape index (κ1) is 17.6. The predicted molar refractivity (Wildman–Crippen MR) is 86.2 cm³/mol. The number of carbonyl (C=O) groups is 1. The van der Waals surface area contributed by atoms with Gasteiger partial charge in [0.05, 0.1) is 12.1 Å². The van der Waals surface area contributed by atoms with Crippen LogP contribution in [0, 0.1) is 0 Å². The fraction of sp³-hybridized carbons (Fsp3) is 0.417. The Labute approximate surface area is 128 Å². The third kappa shape index (κ3) is 4.02. The Balaban J connectivity index is 3.16. The molecule has 0 aromatic heterocycles. The van der Waals surface area contributed by atoms with Gasteiger partial charge in [0, 0.05) is 25.5 Å². The molecule has 1 rings (SSSR count). The van der Waals surface area contributed by atoms with Crippen LogP contribution in [0.15, 0.2) is 30.3 Å². The second kappa shape index (κ2) is 7.52. The van der Waals surface area contributed by atoms with Crippen molar-refractivity contribution in [2.45, 2.75) is 19.9 Å². The summed E-state index contributed by atoms with van der Waals surface area (Å²) in [6.07, 6.45) is -4.07. The smallest absolute Gasteiger partial charge is 0.337 e. The van der Waals surface area contributed by atoms with Gasteiger partial charge in [-0.15, -0.1) is 4.39 Å². The van der Waals surface area contributed by atoms with Crippen molar-refractivity contribution < 1.29 is 13.7 Å². The van der Waals surface area contributed by atoms with Crippen molar-refractivity contribution in [1.29, 1.82) is 0 Å². The molecule has 0 heterocycles. The zero-order valence-electron chi connectivity index (χ0n) is 11.8. The monoisotopic (exact) mass is 336 g/mol. The molecule has 0 aliphatic rings. The van der Waals surface area contributed by atoms with Crippen LogP contribution < -0.4 is 5.30 Å². The lowest BCUT2D eigenvalue weighted by atomic mass is 10.4. The molecule has 1 aromatic carbocycles. The number of hydrogen-bond acceptors (Lipinski definition) is 4. The first-order valence-corrected chi connectivity index (χ1v) is 9.35. The number of benzene rings is 1. The van der Waals surface area contributed by atoms with Crippen molar-refractivity contribution in [3.8, 4) is 0 Å². The maximum atomic E-state index is 12.8. The average molecular weight is 336 g/mol. The molecule has 8 heteroatoms. The van der Waals surface area contributed by atoms with Crippen molar-refractivity contribution in [2.75, 3.05) is 14.2 Å². The molecule has 0 radical (unpaired) electrons. The highest BCUT2D eigenvalue weighted by molar-refractivity contribution is 8.19. The normalized spacial score (nSPS) is 14.3. The van der Waals surface area contributed by atoms with Gasteiger partial charge in [-0.3, -0.25) is 0 Å². The minimum absolute atomic E-state index is 0.0206. The fourth-order valence-electron chi connectivity index (χ4n) is 1.52. The zero-order chi connectivity index (χ0) is 15.3. The number of halogens is 1. The molecule has 1 amide bonds. The highest BCUT2D eigenvalue weighted by Gasteiger charge is 2.33. The van der Waals surface area contributed by atoms with Crippen LogP contribution >= 0.6 is 18.5 Å². The van der Waals surface area contributed by atoms with Gasteiger partial charge >= 0.3 is 6.16 Å². The average Bonchev–Trinajstić information content (AvgIpc) is 2.44. The predicted octanol–water partition coefficient (Wildman–Crippen LogP) is 3.56. The minimum atomic E-state index is -2.54. The van der Waals surface area contributed by atoms with E-state index >= 15 is 0 Å².